The lowest BCUT2D eigenvalue weighted by molar-refractivity contribution is -0.116. The summed E-state index contributed by atoms with van der Waals surface area (Å²) in [6.45, 7) is 0.381. The summed E-state index contributed by atoms with van der Waals surface area (Å²) in [6, 6.07) is 11.9. The third kappa shape index (κ3) is 4.55. The number of benzene rings is 1. The van der Waals surface area contributed by atoms with Crippen molar-refractivity contribution < 1.29 is 9.18 Å². The zero-order chi connectivity index (χ0) is 18.5. The molecular formula is C19H17BrFN3OS. The number of thiophene rings is 1. The summed E-state index contributed by atoms with van der Waals surface area (Å²) in [5, 5.41) is 2.84. The van der Waals surface area contributed by atoms with Gasteiger partial charge in [0.1, 0.15) is 5.82 Å². The summed E-state index contributed by atoms with van der Waals surface area (Å²) in [5.74, 6) is -0.554. The van der Waals surface area contributed by atoms with Crippen molar-refractivity contribution in [2.45, 2.75) is 12.3 Å². The number of aromatic nitrogens is 1. The number of nitrogens with one attached hydrogen (secondary N) is 1. The first-order chi connectivity index (χ1) is 12.6. The Morgan fingerprint density at radius 1 is 1.23 bits per heavy atom. The number of hydrogen-bond donors (Lipinski definition) is 2. The Morgan fingerprint density at radius 3 is 2.65 bits per heavy atom. The second-order valence-electron chi connectivity index (χ2n) is 5.76. The van der Waals surface area contributed by atoms with Crippen LogP contribution in [0.4, 0.5) is 10.1 Å². The van der Waals surface area contributed by atoms with E-state index in [4.69, 9.17) is 5.73 Å². The van der Waals surface area contributed by atoms with E-state index in [0.29, 0.717) is 23.4 Å². The van der Waals surface area contributed by atoms with Crippen molar-refractivity contribution in [3.63, 3.8) is 0 Å². The van der Waals surface area contributed by atoms with E-state index < -0.39 is 0 Å². The predicted octanol–water partition coefficient (Wildman–Crippen LogP) is 4.78. The van der Waals surface area contributed by atoms with Crippen LogP contribution in [0.25, 0.3) is 11.1 Å². The van der Waals surface area contributed by atoms with Gasteiger partial charge in [-0.1, -0.05) is 0 Å². The third-order valence-corrected chi connectivity index (χ3v) is 5.74. The average molecular weight is 434 g/mol. The van der Waals surface area contributed by atoms with E-state index in [9.17, 15) is 9.18 Å². The Morgan fingerprint density at radius 2 is 2.00 bits per heavy atom. The van der Waals surface area contributed by atoms with E-state index in [0.717, 1.165) is 8.66 Å². The van der Waals surface area contributed by atoms with Crippen LogP contribution in [0.2, 0.25) is 0 Å². The number of carbonyl (C=O) groups excluding carboxylic acids is 1. The average Bonchev–Trinajstić information content (AvgIpc) is 3.08. The quantitative estimate of drug-likeness (QED) is 0.587. The van der Waals surface area contributed by atoms with Crippen molar-refractivity contribution >= 4 is 38.9 Å². The molecule has 0 radical (unpaired) electrons. The van der Waals surface area contributed by atoms with Gasteiger partial charge in [0, 0.05) is 47.4 Å². The molecule has 3 N–H and O–H groups in total. The summed E-state index contributed by atoms with van der Waals surface area (Å²) < 4.78 is 15.1. The van der Waals surface area contributed by atoms with Gasteiger partial charge in [0.2, 0.25) is 5.91 Å². The predicted molar refractivity (Wildman–Crippen MR) is 107 cm³/mol. The molecule has 0 spiro atoms. The van der Waals surface area contributed by atoms with Gasteiger partial charge in [-0.25, -0.2) is 4.39 Å². The van der Waals surface area contributed by atoms with E-state index in [-0.39, 0.29) is 24.1 Å². The van der Waals surface area contributed by atoms with Crippen molar-refractivity contribution in [1.82, 2.24) is 4.98 Å². The second kappa shape index (κ2) is 8.53. The molecule has 26 heavy (non-hydrogen) atoms. The van der Waals surface area contributed by atoms with Gasteiger partial charge in [-0.05, 0) is 64.0 Å². The molecule has 0 saturated carbocycles. The molecule has 1 amide bonds. The van der Waals surface area contributed by atoms with Crippen LogP contribution < -0.4 is 11.1 Å². The number of hydrogen-bond acceptors (Lipinski definition) is 4. The summed E-state index contributed by atoms with van der Waals surface area (Å²) in [5.41, 5.74) is 7.50. The molecule has 0 fully saturated rings. The van der Waals surface area contributed by atoms with Crippen LogP contribution >= 0.6 is 27.3 Å². The Bertz CT molecular complexity index is 901. The molecule has 2 heterocycles. The largest absolute Gasteiger partial charge is 0.330 e. The highest BCUT2D eigenvalue weighted by atomic mass is 79.9. The zero-order valence-electron chi connectivity index (χ0n) is 13.8. The van der Waals surface area contributed by atoms with Crippen LogP contribution in [0.1, 0.15) is 17.2 Å². The maximum atomic E-state index is 14.1. The summed E-state index contributed by atoms with van der Waals surface area (Å²) >= 11 is 5.00. The van der Waals surface area contributed by atoms with Gasteiger partial charge in [0.25, 0.3) is 0 Å². The van der Waals surface area contributed by atoms with Gasteiger partial charge in [0.15, 0.2) is 0 Å². The minimum atomic E-state index is -0.350. The van der Waals surface area contributed by atoms with Crippen molar-refractivity contribution in [3.8, 4) is 11.1 Å². The lowest BCUT2D eigenvalue weighted by atomic mass is 10.0. The Hall–Kier alpha value is -2.09. The zero-order valence-corrected chi connectivity index (χ0v) is 16.2. The van der Waals surface area contributed by atoms with Crippen molar-refractivity contribution in [1.29, 1.82) is 0 Å². The van der Waals surface area contributed by atoms with Gasteiger partial charge in [-0.15, -0.1) is 11.3 Å². The first kappa shape index (κ1) is 18.7. The number of anilines is 1. The maximum absolute atomic E-state index is 14.1. The van der Waals surface area contributed by atoms with Crippen LogP contribution in [-0.4, -0.2) is 17.4 Å². The molecule has 3 aromatic rings. The number of nitrogens with zero attached hydrogens (tertiary/aromatic N) is 1. The first-order valence-corrected chi connectivity index (χ1v) is 9.63. The number of amides is 1. The molecule has 1 unspecified atom stereocenters. The number of nitrogens with two attached hydrogens (primary N) is 1. The smallest absolute Gasteiger partial charge is 0.225 e. The maximum Gasteiger partial charge on any atom is 0.225 e. The van der Waals surface area contributed by atoms with E-state index >= 15 is 0 Å². The molecule has 3 rings (SSSR count). The van der Waals surface area contributed by atoms with E-state index in [1.807, 2.05) is 12.1 Å². The molecule has 0 aliphatic carbocycles. The normalized spacial score (nSPS) is 12.0. The summed E-state index contributed by atoms with van der Waals surface area (Å²) in [7, 11) is 0. The molecule has 0 aliphatic heterocycles. The molecule has 0 bridgehead atoms. The topological polar surface area (TPSA) is 68.0 Å². The minimum absolute atomic E-state index is 0.0496. The van der Waals surface area contributed by atoms with Crippen LogP contribution in [-0.2, 0) is 4.79 Å². The fraction of sp³-hybridized carbons (Fsp3) is 0.158. The highest BCUT2D eigenvalue weighted by molar-refractivity contribution is 9.11. The monoisotopic (exact) mass is 433 g/mol. The standard InChI is InChI=1S/C19H17BrFN3OS/c20-18-4-3-17(26-18)13(11-22)9-19(25)24-14-1-2-16(21)15(10-14)12-5-7-23-8-6-12/h1-8,10,13H,9,11,22H2,(H,24,25). The van der Waals surface area contributed by atoms with Crippen molar-refractivity contribution in [2.24, 2.45) is 5.73 Å². The first-order valence-electron chi connectivity index (χ1n) is 8.02. The minimum Gasteiger partial charge on any atom is -0.330 e. The van der Waals surface area contributed by atoms with E-state index in [2.05, 4.69) is 26.2 Å². The molecule has 134 valence electrons. The van der Waals surface area contributed by atoms with Gasteiger partial charge < -0.3 is 11.1 Å². The van der Waals surface area contributed by atoms with Gasteiger partial charge in [-0.2, -0.15) is 0 Å². The van der Waals surface area contributed by atoms with Gasteiger partial charge in [0.05, 0.1) is 3.79 Å². The molecular weight excluding hydrogens is 417 g/mol. The molecule has 1 aromatic carbocycles. The number of halogens is 2. The number of rotatable bonds is 6. The van der Waals surface area contributed by atoms with Crippen LogP contribution in [0.15, 0.2) is 58.6 Å². The third-order valence-electron chi connectivity index (χ3n) is 3.95. The fourth-order valence-electron chi connectivity index (χ4n) is 2.64. The molecule has 0 aliphatic rings. The van der Waals surface area contributed by atoms with Crippen molar-refractivity contribution in [3.05, 3.63) is 69.3 Å². The summed E-state index contributed by atoms with van der Waals surface area (Å²) in [6.07, 6.45) is 3.47. The van der Waals surface area contributed by atoms with Gasteiger partial charge in [-0.3, -0.25) is 9.78 Å². The van der Waals surface area contributed by atoms with E-state index in [1.165, 1.54) is 6.07 Å². The molecule has 0 saturated heterocycles. The second-order valence-corrected chi connectivity index (χ2v) is 8.25. The van der Waals surface area contributed by atoms with Crippen LogP contribution in [0, 0.1) is 5.82 Å². The van der Waals surface area contributed by atoms with Crippen molar-refractivity contribution in [2.75, 3.05) is 11.9 Å². The highest BCUT2D eigenvalue weighted by Gasteiger charge is 2.17. The van der Waals surface area contributed by atoms with Crippen LogP contribution in [0.5, 0.6) is 0 Å². The summed E-state index contributed by atoms with van der Waals surface area (Å²) in [4.78, 5) is 17.4. The molecule has 7 heteroatoms. The number of pyridine rings is 1. The Kier molecular flexibility index (Phi) is 6.13. The van der Waals surface area contributed by atoms with E-state index in [1.54, 1.807) is 48.0 Å². The molecule has 4 nitrogen and oxygen atoms in total. The fourth-order valence-corrected chi connectivity index (χ4v) is 4.18. The molecule has 1 atom stereocenters. The van der Waals surface area contributed by atoms with Gasteiger partial charge >= 0.3 is 0 Å². The number of carbonyl (C=O) groups is 1. The lowest BCUT2D eigenvalue weighted by Gasteiger charge is -2.14. The van der Waals surface area contributed by atoms with Crippen LogP contribution in [0.3, 0.4) is 0 Å². The lowest BCUT2D eigenvalue weighted by Crippen LogP contribution is -2.20. The Balaban J connectivity index is 1.73. The molecule has 2 aromatic heterocycles. The highest BCUT2D eigenvalue weighted by Crippen LogP contribution is 2.30. The SMILES string of the molecule is NCC(CC(=O)Nc1ccc(F)c(-c2ccncc2)c1)c1ccc(Br)s1. The Labute approximate surface area is 163 Å².